The summed E-state index contributed by atoms with van der Waals surface area (Å²) in [5, 5.41) is 8.65. The van der Waals surface area contributed by atoms with Gasteiger partial charge in [-0.3, -0.25) is 4.79 Å². The highest BCUT2D eigenvalue weighted by Crippen LogP contribution is 2.28. The molecule has 0 heterocycles. The van der Waals surface area contributed by atoms with Crippen LogP contribution in [0.15, 0.2) is 12.1 Å². The molecule has 0 fully saturated rings. The smallest absolute Gasteiger partial charge is 0.265 e. The van der Waals surface area contributed by atoms with Gasteiger partial charge in [-0.25, -0.2) is 8.78 Å². The second-order valence-electron chi connectivity index (χ2n) is 3.17. The highest BCUT2D eigenvalue weighted by molar-refractivity contribution is 5.96. The molecule has 78 valence electrons. The summed E-state index contributed by atoms with van der Waals surface area (Å²) in [6.07, 6.45) is -2.74. The number of hydrogen-bond donors (Lipinski definition) is 0. The molecule has 0 saturated carbocycles. The van der Waals surface area contributed by atoms with Gasteiger partial charge in [-0.1, -0.05) is 0 Å². The van der Waals surface area contributed by atoms with Gasteiger partial charge in [0.25, 0.3) is 6.43 Å². The molecule has 1 rings (SSSR count). The lowest BCUT2D eigenvalue weighted by atomic mass is 9.96. The predicted octanol–water partition coefficient (Wildman–Crippen LogP) is 3.01. The van der Waals surface area contributed by atoms with Crippen molar-refractivity contribution < 1.29 is 13.6 Å². The number of nitriles is 1. The number of benzene rings is 1. The van der Waals surface area contributed by atoms with Crippen LogP contribution in [0.2, 0.25) is 0 Å². The van der Waals surface area contributed by atoms with Gasteiger partial charge >= 0.3 is 0 Å². The van der Waals surface area contributed by atoms with E-state index in [9.17, 15) is 13.6 Å². The Morgan fingerprint density at radius 1 is 1.47 bits per heavy atom. The van der Waals surface area contributed by atoms with E-state index in [2.05, 4.69) is 0 Å². The molecule has 2 nitrogen and oxygen atoms in total. The average molecular weight is 209 g/mol. The first-order valence-corrected chi connectivity index (χ1v) is 4.31. The molecule has 0 spiro atoms. The minimum absolute atomic E-state index is 0.0764. The zero-order valence-electron chi connectivity index (χ0n) is 8.34. The fourth-order valence-corrected chi connectivity index (χ4v) is 1.49. The largest absolute Gasteiger partial charge is 0.295 e. The summed E-state index contributed by atoms with van der Waals surface area (Å²) < 4.78 is 25.3. The molecule has 1 aromatic rings. The van der Waals surface area contributed by atoms with Gasteiger partial charge in [0.15, 0.2) is 5.78 Å². The van der Waals surface area contributed by atoms with Crippen LogP contribution in [0, 0.1) is 18.3 Å². The van der Waals surface area contributed by atoms with Crippen LogP contribution in [0.25, 0.3) is 0 Å². The number of rotatable bonds is 2. The number of Topliss-reactive ketones (excluding diaryl/α,β-unsaturated/α-hetero) is 1. The van der Waals surface area contributed by atoms with E-state index in [0.717, 1.165) is 0 Å². The standard InChI is InChI=1S/C11H9F2NO/c1-6-9(7(2)15)4-3-8(5-14)10(6)11(12)13/h3-4,11H,1-2H3. The molecule has 0 atom stereocenters. The van der Waals surface area contributed by atoms with Crippen molar-refractivity contribution >= 4 is 5.78 Å². The lowest BCUT2D eigenvalue weighted by Crippen LogP contribution is -2.03. The van der Waals surface area contributed by atoms with Crippen LogP contribution >= 0.6 is 0 Å². The van der Waals surface area contributed by atoms with E-state index in [1.54, 1.807) is 6.07 Å². The molecule has 0 bridgehead atoms. The zero-order chi connectivity index (χ0) is 11.6. The molecule has 0 unspecified atom stereocenters. The van der Waals surface area contributed by atoms with Crippen molar-refractivity contribution in [3.8, 4) is 6.07 Å². The quantitative estimate of drug-likeness (QED) is 0.702. The number of ketones is 1. The van der Waals surface area contributed by atoms with E-state index in [1.807, 2.05) is 0 Å². The minimum atomic E-state index is -2.74. The first-order valence-electron chi connectivity index (χ1n) is 4.31. The minimum Gasteiger partial charge on any atom is -0.295 e. The summed E-state index contributed by atoms with van der Waals surface area (Å²) in [7, 11) is 0. The molecule has 15 heavy (non-hydrogen) atoms. The third-order valence-electron chi connectivity index (χ3n) is 2.23. The average Bonchev–Trinajstić information content (AvgIpc) is 2.15. The third kappa shape index (κ3) is 2.01. The maximum atomic E-state index is 12.7. The van der Waals surface area contributed by atoms with Gasteiger partial charge in [0.1, 0.15) is 0 Å². The molecular weight excluding hydrogens is 200 g/mol. The van der Waals surface area contributed by atoms with Crippen LogP contribution in [0.3, 0.4) is 0 Å². The second-order valence-corrected chi connectivity index (χ2v) is 3.17. The zero-order valence-corrected chi connectivity index (χ0v) is 8.34. The Morgan fingerprint density at radius 2 is 2.07 bits per heavy atom. The van der Waals surface area contributed by atoms with Gasteiger partial charge in [-0.2, -0.15) is 5.26 Å². The Morgan fingerprint density at radius 3 is 2.47 bits per heavy atom. The Hall–Kier alpha value is -1.76. The maximum absolute atomic E-state index is 12.7. The maximum Gasteiger partial charge on any atom is 0.265 e. The summed E-state index contributed by atoms with van der Waals surface area (Å²) in [6, 6.07) is 4.35. The number of alkyl halides is 2. The molecule has 0 saturated heterocycles. The van der Waals surface area contributed by atoms with E-state index in [-0.39, 0.29) is 28.0 Å². The first kappa shape index (κ1) is 11.3. The molecule has 0 aliphatic heterocycles. The Bertz CT molecular complexity index is 447. The molecular formula is C11H9F2NO. The predicted molar refractivity (Wildman–Crippen MR) is 50.9 cm³/mol. The molecule has 4 heteroatoms. The molecule has 0 aromatic heterocycles. The number of carbonyl (C=O) groups excluding carboxylic acids is 1. The van der Waals surface area contributed by atoms with Gasteiger partial charge in [-0.05, 0) is 31.5 Å². The summed E-state index contributed by atoms with van der Waals surface area (Å²) in [4.78, 5) is 11.1. The normalized spacial score (nSPS) is 10.1. The molecule has 0 amide bonds. The summed E-state index contributed by atoms with van der Waals surface area (Å²) >= 11 is 0. The van der Waals surface area contributed by atoms with Crippen molar-refractivity contribution in [1.82, 2.24) is 0 Å². The number of hydrogen-bond acceptors (Lipinski definition) is 2. The highest BCUT2D eigenvalue weighted by Gasteiger charge is 2.19. The Kier molecular flexibility index (Phi) is 3.15. The molecule has 0 aliphatic carbocycles. The lowest BCUT2D eigenvalue weighted by Gasteiger charge is -2.10. The van der Waals surface area contributed by atoms with E-state index < -0.39 is 6.43 Å². The third-order valence-corrected chi connectivity index (χ3v) is 2.23. The fraction of sp³-hybridized carbons (Fsp3) is 0.273. The Labute approximate surface area is 86.1 Å². The summed E-state index contributed by atoms with van der Waals surface area (Å²) in [5.41, 5.74) is 0.0125. The monoisotopic (exact) mass is 209 g/mol. The second kappa shape index (κ2) is 4.18. The summed E-state index contributed by atoms with van der Waals surface area (Å²) in [6.45, 7) is 2.74. The van der Waals surface area contributed by atoms with Crippen molar-refractivity contribution in [2.24, 2.45) is 0 Å². The fourth-order valence-electron chi connectivity index (χ4n) is 1.49. The van der Waals surface area contributed by atoms with Gasteiger partial charge in [0.05, 0.1) is 11.6 Å². The van der Waals surface area contributed by atoms with Crippen LogP contribution < -0.4 is 0 Å². The van der Waals surface area contributed by atoms with Crippen LogP contribution in [-0.2, 0) is 0 Å². The van der Waals surface area contributed by atoms with E-state index in [0.29, 0.717) is 0 Å². The van der Waals surface area contributed by atoms with E-state index in [1.165, 1.54) is 26.0 Å². The number of nitrogens with zero attached hydrogens (tertiary/aromatic N) is 1. The van der Waals surface area contributed by atoms with Crippen molar-refractivity contribution in [3.63, 3.8) is 0 Å². The van der Waals surface area contributed by atoms with Crippen LogP contribution in [-0.4, -0.2) is 5.78 Å². The number of carbonyl (C=O) groups is 1. The number of halogens is 2. The van der Waals surface area contributed by atoms with Crippen molar-refractivity contribution in [2.45, 2.75) is 20.3 Å². The highest BCUT2D eigenvalue weighted by atomic mass is 19.3. The first-order chi connectivity index (χ1) is 6.99. The Balaban J connectivity index is 3.51. The molecule has 0 aliphatic rings. The van der Waals surface area contributed by atoms with Gasteiger partial charge in [-0.15, -0.1) is 0 Å². The molecule has 0 N–H and O–H groups in total. The summed E-state index contributed by atoms with van der Waals surface area (Å²) in [5.74, 6) is -0.279. The molecule has 1 aromatic carbocycles. The lowest BCUT2D eigenvalue weighted by molar-refractivity contribution is 0.101. The van der Waals surface area contributed by atoms with Crippen LogP contribution in [0.1, 0.15) is 40.4 Å². The van der Waals surface area contributed by atoms with Crippen molar-refractivity contribution in [1.29, 1.82) is 5.26 Å². The topological polar surface area (TPSA) is 40.9 Å². The van der Waals surface area contributed by atoms with Crippen molar-refractivity contribution in [3.05, 3.63) is 34.4 Å². The van der Waals surface area contributed by atoms with E-state index >= 15 is 0 Å². The molecule has 0 radical (unpaired) electrons. The van der Waals surface area contributed by atoms with E-state index in [4.69, 9.17) is 5.26 Å². The van der Waals surface area contributed by atoms with Crippen molar-refractivity contribution in [2.75, 3.05) is 0 Å². The van der Waals surface area contributed by atoms with Gasteiger partial charge < -0.3 is 0 Å². The van der Waals surface area contributed by atoms with Gasteiger partial charge in [0, 0.05) is 11.1 Å². The SMILES string of the molecule is CC(=O)c1ccc(C#N)c(C(F)F)c1C. The van der Waals surface area contributed by atoms with Crippen LogP contribution in [0.5, 0.6) is 0 Å². The van der Waals surface area contributed by atoms with Crippen LogP contribution in [0.4, 0.5) is 8.78 Å². The van der Waals surface area contributed by atoms with Gasteiger partial charge in [0.2, 0.25) is 0 Å².